The molecule has 1 N–H and O–H groups in total. The summed E-state index contributed by atoms with van der Waals surface area (Å²) < 4.78 is 7.22. The maximum Gasteiger partial charge on any atom is 0.317 e. The Morgan fingerprint density at radius 3 is 2.58 bits per heavy atom. The van der Waals surface area contributed by atoms with Gasteiger partial charge in [0.2, 0.25) is 0 Å². The van der Waals surface area contributed by atoms with Gasteiger partial charge in [-0.15, -0.1) is 0 Å². The Hall–Kier alpha value is -3.91. The molecule has 40 heavy (non-hydrogen) atoms. The largest absolute Gasteiger partial charge is 0.495 e. The molecule has 0 saturated heterocycles. The average molecular weight is 557 g/mol. The summed E-state index contributed by atoms with van der Waals surface area (Å²) in [5.41, 5.74) is 2.99. The van der Waals surface area contributed by atoms with Crippen LogP contribution >= 0.6 is 11.6 Å². The van der Waals surface area contributed by atoms with Gasteiger partial charge in [-0.1, -0.05) is 54.8 Å². The van der Waals surface area contributed by atoms with Crippen molar-refractivity contribution in [2.24, 2.45) is 0 Å². The van der Waals surface area contributed by atoms with E-state index in [4.69, 9.17) is 26.4 Å². The molecule has 2 saturated carbocycles. The zero-order valence-corrected chi connectivity index (χ0v) is 23.3. The third-order valence-corrected chi connectivity index (χ3v) is 8.22. The van der Waals surface area contributed by atoms with Crippen molar-refractivity contribution in [3.05, 3.63) is 83.6 Å². The van der Waals surface area contributed by atoms with E-state index in [0.29, 0.717) is 41.4 Å². The number of hydrogen-bond acceptors (Lipinski definition) is 5. The first-order valence-electron chi connectivity index (χ1n) is 13.9. The normalized spacial score (nSPS) is 18.4. The number of nitrogens with one attached hydrogen (secondary N) is 1. The quantitative estimate of drug-likeness (QED) is 0.266. The molecule has 0 bridgehead atoms. The van der Waals surface area contributed by atoms with Gasteiger partial charge >= 0.3 is 6.03 Å². The number of hydrogen-bond donors (Lipinski definition) is 1. The van der Waals surface area contributed by atoms with E-state index >= 15 is 0 Å². The second-order valence-electron chi connectivity index (χ2n) is 10.5. The van der Waals surface area contributed by atoms with Gasteiger partial charge in [-0.2, -0.15) is 5.10 Å². The fourth-order valence-corrected chi connectivity index (χ4v) is 5.93. The molecular weight excluding hydrogens is 524 g/mol. The molecule has 8 nitrogen and oxygen atoms in total. The summed E-state index contributed by atoms with van der Waals surface area (Å²) in [5.74, 6) is 2.28. The topological polar surface area (TPSA) is 85.2 Å². The Morgan fingerprint density at radius 1 is 1.07 bits per heavy atom. The van der Waals surface area contributed by atoms with E-state index in [9.17, 15) is 4.79 Å². The third kappa shape index (κ3) is 5.68. The highest BCUT2D eigenvalue weighted by molar-refractivity contribution is 6.32. The fourth-order valence-electron chi connectivity index (χ4n) is 5.67. The van der Waals surface area contributed by atoms with E-state index in [1.165, 1.54) is 5.56 Å². The van der Waals surface area contributed by atoms with Gasteiger partial charge in [-0.05, 0) is 55.2 Å². The SMILES string of the molecule is COc1ccc(-c2nc(-c3ccncc3)nn2CCN(C(=O)N[C@@H]2C[C@H]2c2ccccc2)C2CCCC2)cc1Cl. The molecule has 0 spiro atoms. The number of carbonyl (C=O) groups excluding carboxylic acids is 1. The molecule has 206 valence electrons. The van der Waals surface area contributed by atoms with Crippen LogP contribution in [0.2, 0.25) is 5.02 Å². The van der Waals surface area contributed by atoms with Gasteiger partial charge in [0.1, 0.15) is 5.75 Å². The first kappa shape index (κ1) is 26.3. The van der Waals surface area contributed by atoms with Gasteiger partial charge in [0.15, 0.2) is 11.6 Å². The Bertz CT molecular complexity index is 1460. The molecule has 2 aromatic carbocycles. The minimum absolute atomic E-state index is 0.0128. The number of halogens is 1. The van der Waals surface area contributed by atoms with Crippen LogP contribution in [-0.4, -0.2) is 56.4 Å². The summed E-state index contributed by atoms with van der Waals surface area (Å²) in [4.78, 5) is 24.6. The molecule has 9 heteroatoms. The second kappa shape index (κ2) is 11.7. The van der Waals surface area contributed by atoms with Gasteiger partial charge in [-0.25, -0.2) is 14.5 Å². The average Bonchev–Trinajstić information content (AvgIpc) is 3.34. The van der Waals surface area contributed by atoms with Crippen LogP contribution in [-0.2, 0) is 6.54 Å². The Kier molecular flexibility index (Phi) is 7.68. The Labute approximate surface area is 239 Å². The van der Waals surface area contributed by atoms with Gasteiger partial charge in [-0.3, -0.25) is 4.98 Å². The predicted molar refractivity (Wildman–Crippen MR) is 155 cm³/mol. The second-order valence-corrected chi connectivity index (χ2v) is 10.9. The lowest BCUT2D eigenvalue weighted by atomic mass is 10.1. The smallest absolute Gasteiger partial charge is 0.317 e. The van der Waals surface area contributed by atoms with Crippen LogP contribution in [0.5, 0.6) is 5.75 Å². The molecule has 2 atom stereocenters. The van der Waals surface area contributed by atoms with E-state index in [-0.39, 0.29) is 18.1 Å². The number of nitrogens with zero attached hydrogens (tertiary/aromatic N) is 5. The molecule has 2 heterocycles. The molecule has 2 fully saturated rings. The zero-order valence-electron chi connectivity index (χ0n) is 22.5. The van der Waals surface area contributed by atoms with Crippen molar-refractivity contribution in [2.45, 2.75) is 56.7 Å². The van der Waals surface area contributed by atoms with Crippen LogP contribution in [0.4, 0.5) is 4.79 Å². The van der Waals surface area contributed by atoms with Crippen LogP contribution in [0.1, 0.15) is 43.6 Å². The lowest BCUT2D eigenvalue weighted by molar-refractivity contribution is 0.170. The van der Waals surface area contributed by atoms with E-state index in [1.54, 1.807) is 19.5 Å². The maximum atomic E-state index is 13.6. The monoisotopic (exact) mass is 556 g/mol. The summed E-state index contributed by atoms with van der Waals surface area (Å²) in [6, 6.07) is 20.2. The molecule has 2 aliphatic carbocycles. The van der Waals surface area contributed by atoms with Crippen molar-refractivity contribution in [1.29, 1.82) is 0 Å². The molecule has 4 aromatic rings. The third-order valence-electron chi connectivity index (χ3n) is 7.93. The van der Waals surface area contributed by atoms with Crippen LogP contribution in [0.3, 0.4) is 0 Å². The zero-order chi connectivity index (χ0) is 27.5. The van der Waals surface area contributed by atoms with E-state index < -0.39 is 0 Å². The number of rotatable bonds is 9. The predicted octanol–water partition coefficient (Wildman–Crippen LogP) is 6.18. The van der Waals surface area contributed by atoms with Crippen molar-refractivity contribution in [2.75, 3.05) is 13.7 Å². The minimum atomic E-state index is 0.0128. The summed E-state index contributed by atoms with van der Waals surface area (Å²) in [7, 11) is 1.59. The van der Waals surface area contributed by atoms with Gasteiger partial charge < -0.3 is 15.0 Å². The number of methoxy groups -OCH3 is 1. The summed E-state index contributed by atoms with van der Waals surface area (Å²) >= 11 is 6.47. The summed E-state index contributed by atoms with van der Waals surface area (Å²) in [6.07, 6.45) is 8.79. The molecule has 2 amide bonds. The minimum Gasteiger partial charge on any atom is -0.495 e. The number of carbonyl (C=O) groups is 1. The van der Waals surface area contributed by atoms with Crippen molar-refractivity contribution in [3.8, 4) is 28.5 Å². The molecular formula is C31H33ClN6O2. The van der Waals surface area contributed by atoms with Crippen LogP contribution in [0.15, 0.2) is 73.1 Å². The van der Waals surface area contributed by atoms with Crippen molar-refractivity contribution < 1.29 is 9.53 Å². The van der Waals surface area contributed by atoms with Crippen molar-refractivity contribution >= 4 is 17.6 Å². The molecule has 0 aliphatic heterocycles. The van der Waals surface area contributed by atoms with E-state index in [1.807, 2.05) is 46.0 Å². The highest BCUT2D eigenvalue weighted by Gasteiger charge is 2.41. The molecule has 0 radical (unpaired) electrons. The van der Waals surface area contributed by atoms with E-state index in [0.717, 1.165) is 43.2 Å². The standard InChI is InChI=1S/C31H33ClN6O2/c1-40-28-12-11-23(19-26(28)32)30-35-29(22-13-15-33-16-14-22)36-38(30)18-17-37(24-9-5-6-10-24)31(39)34-27-20-25(27)21-7-3-2-4-8-21/h2-4,7-8,11-16,19,24-25,27H,5-6,9-10,17-18,20H2,1H3,(H,34,39)/t25-,27+/m0/s1. The molecule has 2 aliphatic rings. The van der Waals surface area contributed by atoms with Crippen molar-refractivity contribution in [1.82, 2.24) is 30.0 Å². The van der Waals surface area contributed by atoms with Gasteiger partial charge in [0.05, 0.1) is 18.7 Å². The Morgan fingerprint density at radius 2 is 1.85 bits per heavy atom. The highest BCUT2D eigenvalue weighted by atomic mass is 35.5. The lowest BCUT2D eigenvalue weighted by Crippen LogP contribution is -2.47. The lowest BCUT2D eigenvalue weighted by Gasteiger charge is -2.29. The number of amides is 2. The number of ether oxygens (including phenoxy) is 1. The summed E-state index contributed by atoms with van der Waals surface area (Å²) in [5, 5.41) is 8.68. The first-order valence-corrected chi connectivity index (χ1v) is 14.3. The van der Waals surface area contributed by atoms with Crippen LogP contribution in [0, 0.1) is 0 Å². The number of benzene rings is 2. The fraction of sp³-hybridized carbons (Fsp3) is 0.355. The van der Waals surface area contributed by atoms with Gasteiger partial charge in [0, 0.05) is 48.1 Å². The first-order chi connectivity index (χ1) is 19.6. The summed E-state index contributed by atoms with van der Waals surface area (Å²) in [6.45, 7) is 1.04. The van der Waals surface area contributed by atoms with Gasteiger partial charge in [0.25, 0.3) is 0 Å². The van der Waals surface area contributed by atoms with Crippen LogP contribution in [0.25, 0.3) is 22.8 Å². The van der Waals surface area contributed by atoms with E-state index in [2.05, 4.69) is 34.6 Å². The Balaban J connectivity index is 1.23. The number of pyridine rings is 1. The van der Waals surface area contributed by atoms with Crippen molar-refractivity contribution in [3.63, 3.8) is 0 Å². The van der Waals surface area contributed by atoms with Crippen LogP contribution < -0.4 is 10.1 Å². The molecule has 0 unspecified atom stereocenters. The highest BCUT2D eigenvalue weighted by Crippen LogP contribution is 2.41. The maximum absolute atomic E-state index is 13.6. The number of urea groups is 1. The molecule has 2 aromatic heterocycles. The molecule has 6 rings (SSSR count). The number of aromatic nitrogens is 4.